The average molecular weight is 384 g/mol. The molecule has 0 radical (unpaired) electrons. The monoisotopic (exact) mass is 384 g/mol. The van der Waals surface area contributed by atoms with Crippen molar-refractivity contribution in [3.8, 4) is 17.4 Å². The van der Waals surface area contributed by atoms with Gasteiger partial charge in [-0.3, -0.25) is 4.99 Å². The van der Waals surface area contributed by atoms with Gasteiger partial charge in [-0.25, -0.2) is 4.98 Å². The summed E-state index contributed by atoms with van der Waals surface area (Å²) in [5, 5.41) is 6.52. The van der Waals surface area contributed by atoms with Gasteiger partial charge in [-0.1, -0.05) is 6.07 Å². The van der Waals surface area contributed by atoms with Crippen LogP contribution in [0, 0.1) is 0 Å². The van der Waals surface area contributed by atoms with E-state index in [1.54, 1.807) is 21.3 Å². The third-order valence-corrected chi connectivity index (χ3v) is 4.72. The van der Waals surface area contributed by atoms with E-state index in [1.807, 2.05) is 36.5 Å². The summed E-state index contributed by atoms with van der Waals surface area (Å²) in [7, 11) is 4.96. The van der Waals surface area contributed by atoms with Crippen LogP contribution in [0.1, 0.15) is 31.2 Å². The Balaban J connectivity index is 1.53. The lowest BCUT2D eigenvalue weighted by atomic mass is 10.2. The first-order chi connectivity index (χ1) is 13.7. The molecule has 1 heterocycles. The van der Waals surface area contributed by atoms with Crippen molar-refractivity contribution in [2.45, 2.75) is 38.3 Å². The normalized spacial score (nSPS) is 14.6. The maximum atomic E-state index is 5.91. The van der Waals surface area contributed by atoms with Crippen LogP contribution >= 0.6 is 0 Å². The fourth-order valence-electron chi connectivity index (χ4n) is 3.18. The molecular weight excluding hydrogens is 356 g/mol. The molecule has 28 heavy (non-hydrogen) atoms. The number of aromatic nitrogens is 1. The number of guanidine groups is 1. The topological polar surface area (TPSA) is 77.0 Å². The van der Waals surface area contributed by atoms with Gasteiger partial charge in [0.15, 0.2) is 17.5 Å². The molecule has 0 unspecified atom stereocenters. The summed E-state index contributed by atoms with van der Waals surface area (Å²) in [6.45, 7) is 0.601. The second kappa shape index (κ2) is 9.82. The number of ether oxygens (including phenoxy) is 3. The summed E-state index contributed by atoms with van der Waals surface area (Å²) in [6, 6.07) is 9.57. The highest BCUT2D eigenvalue weighted by Gasteiger charge is 2.16. The Hall–Kier alpha value is -2.96. The van der Waals surface area contributed by atoms with Crippen molar-refractivity contribution in [3.05, 3.63) is 42.1 Å². The minimum absolute atomic E-state index is 0.320. The standard InChI is InChI=1S/C21H28N4O3/c1-22-21(25-16-9-10-18(26-2)19(12-16)27-3)24-14-15-8-11-20(23-13-15)28-17-6-4-5-7-17/h8-13,17H,4-7,14H2,1-3H3,(H2,22,24,25). The van der Waals surface area contributed by atoms with Crippen LogP contribution in [0.3, 0.4) is 0 Å². The minimum atomic E-state index is 0.320. The summed E-state index contributed by atoms with van der Waals surface area (Å²) >= 11 is 0. The molecule has 1 aliphatic rings. The number of methoxy groups -OCH3 is 2. The molecular formula is C21H28N4O3. The predicted molar refractivity (Wildman–Crippen MR) is 110 cm³/mol. The van der Waals surface area contributed by atoms with Crippen LogP contribution in [0.15, 0.2) is 41.5 Å². The zero-order chi connectivity index (χ0) is 19.8. The van der Waals surface area contributed by atoms with Gasteiger partial charge in [0.1, 0.15) is 6.10 Å². The van der Waals surface area contributed by atoms with Crippen molar-refractivity contribution in [1.29, 1.82) is 0 Å². The van der Waals surface area contributed by atoms with Crippen molar-refractivity contribution in [2.24, 2.45) is 4.99 Å². The van der Waals surface area contributed by atoms with Gasteiger partial charge in [0.05, 0.1) is 14.2 Å². The van der Waals surface area contributed by atoms with Gasteiger partial charge in [0.25, 0.3) is 0 Å². The lowest BCUT2D eigenvalue weighted by Gasteiger charge is -2.15. The van der Waals surface area contributed by atoms with Crippen molar-refractivity contribution < 1.29 is 14.2 Å². The van der Waals surface area contributed by atoms with E-state index >= 15 is 0 Å². The summed E-state index contributed by atoms with van der Waals surface area (Å²) in [5.74, 6) is 2.69. The van der Waals surface area contributed by atoms with Gasteiger partial charge in [0.2, 0.25) is 5.88 Å². The van der Waals surface area contributed by atoms with Gasteiger partial charge in [-0.05, 0) is 43.4 Å². The summed E-state index contributed by atoms with van der Waals surface area (Å²) in [5.41, 5.74) is 1.90. The van der Waals surface area contributed by atoms with Crippen LogP contribution in [0.25, 0.3) is 0 Å². The van der Waals surface area contributed by atoms with Gasteiger partial charge in [-0.15, -0.1) is 0 Å². The van der Waals surface area contributed by atoms with Gasteiger partial charge in [0, 0.05) is 37.6 Å². The highest BCUT2D eigenvalue weighted by molar-refractivity contribution is 5.93. The van der Waals surface area contributed by atoms with Gasteiger partial charge >= 0.3 is 0 Å². The molecule has 7 heteroatoms. The second-order valence-corrected chi connectivity index (χ2v) is 6.65. The zero-order valence-electron chi connectivity index (χ0n) is 16.7. The maximum Gasteiger partial charge on any atom is 0.213 e. The predicted octanol–water partition coefficient (Wildman–Crippen LogP) is 3.61. The first-order valence-electron chi connectivity index (χ1n) is 9.53. The molecule has 1 aliphatic carbocycles. The molecule has 0 bridgehead atoms. The highest BCUT2D eigenvalue weighted by atomic mass is 16.5. The number of anilines is 1. The van der Waals surface area contributed by atoms with E-state index in [1.165, 1.54) is 12.8 Å². The Bertz CT molecular complexity index is 787. The fraction of sp³-hybridized carbons (Fsp3) is 0.429. The van der Waals surface area contributed by atoms with Gasteiger partial charge in [-0.2, -0.15) is 0 Å². The van der Waals surface area contributed by atoms with Crippen LogP contribution in [0.5, 0.6) is 17.4 Å². The van der Waals surface area contributed by atoms with Crippen LogP contribution < -0.4 is 24.8 Å². The van der Waals surface area contributed by atoms with E-state index in [0.717, 1.165) is 24.1 Å². The Labute approximate surface area is 166 Å². The zero-order valence-corrected chi connectivity index (χ0v) is 16.7. The Morgan fingerprint density at radius 1 is 1.11 bits per heavy atom. The molecule has 1 fully saturated rings. The molecule has 1 saturated carbocycles. The Kier molecular flexibility index (Phi) is 6.94. The number of nitrogens with zero attached hydrogens (tertiary/aromatic N) is 2. The highest BCUT2D eigenvalue weighted by Crippen LogP contribution is 2.29. The van der Waals surface area contributed by atoms with Crippen molar-refractivity contribution in [1.82, 2.24) is 10.3 Å². The molecule has 1 aromatic carbocycles. The first-order valence-corrected chi connectivity index (χ1v) is 9.53. The van der Waals surface area contributed by atoms with E-state index < -0.39 is 0 Å². The van der Waals surface area contributed by atoms with E-state index in [-0.39, 0.29) is 0 Å². The first kappa shape index (κ1) is 19.8. The number of hydrogen-bond donors (Lipinski definition) is 2. The number of nitrogens with one attached hydrogen (secondary N) is 2. The van der Waals surface area contributed by atoms with Crippen LogP contribution in [0.4, 0.5) is 5.69 Å². The van der Waals surface area contributed by atoms with E-state index in [2.05, 4.69) is 20.6 Å². The largest absolute Gasteiger partial charge is 0.493 e. The quantitative estimate of drug-likeness (QED) is 0.561. The molecule has 0 spiro atoms. The molecule has 150 valence electrons. The van der Waals surface area contributed by atoms with E-state index in [4.69, 9.17) is 14.2 Å². The molecule has 2 aromatic rings. The van der Waals surface area contributed by atoms with Crippen molar-refractivity contribution >= 4 is 11.6 Å². The number of hydrogen-bond acceptors (Lipinski definition) is 5. The summed E-state index contributed by atoms with van der Waals surface area (Å²) in [6.07, 6.45) is 6.91. The third kappa shape index (κ3) is 5.28. The minimum Gasteiger partial charge on any atom is -0.493 e. The second-order valence-electron chi connectivity index (χ2n) is 6.65. The molecule has 0 atom stereocenters. The molecule has 2 N–H and O–H groups in total. The Morgan fingerprint density at radius 3 is 2.54 bits per heavy atom. The molecule has 1 aromatic heterocycles. The van der Waals surface area contributed by atoms with Crippen molar-refractivity contribution in [3.63, 3.8) is 0 Å². The smallest absolute Gasteiger partial charge is 0.213 e. The number of rotatable bonds is 7. The molecule has 0 aliphatic heterocycles. The number of pyridine rings is 1. The molecule has 7 nitrogen and oxygen atoms in total. The third-order valence-electron chi connectivity index (χ3n) is 4.72. The maximum absolute atomic E-state index is 5.91. The van der Waals surface area contributed by atoms with Gasteiger partial charge < -0.3 is 24.8 Å². The number of aliphatic imine (C=N–C) groups is 1. The van der Waals surface area contributed by atoms with Crippen LogP contribution in [-0.4, -0.2) is 38.3 Å². The summed E-state index contributed by atoms with van der Waals surface area (Å²) in [4.78, 5) is 8.68. The average Bonchev–Trinajstić information content (AvgIpc) is 3.25. The lowest BCUT2D eigenvalue weighted by molar-refractivity contribution is 0.201. The summed E-state index contributed by atoms with van der Waals surface area (Å²) < 4.78 is 16.5. The van der Waals surface area contributed by atoms with Crippen molar-refractivity contribution in [2.75, 3.05) is 26.6 Å². The fourth-order valence-corrected chi connectivity index (χ4v) is 3.18. The number of benzene rings is 1. The molecule has 0 amide bonds. The van der Waals surface area contributed by atoms with E-state index in [0.29, 0.717) is 36.0 Å². The van der Waals surface area contributed by atoms with Crippen LogP contribution in [-0.2, 0) is 6.54 Å². The lowest BCUT2D eigenvalue weighted by Crippen LogP contribution is -2.30. The SMILES string of the molecule is CN=C(NCc1ccc(OC2CCCC2)nc1)Nc1ccc(OC)c(OC)c1. The van der Waals surface area contributed by atoms with Crippen LogP contribution in [0.2, 0.25) is 0 Å². The Morgan fingerprint density at radius 2 is 1.89 bits per heavy atom. The molecule has 0 saturated heterocycles. The molecule has 3 rings (SSSR count). The van der Waals surface area contributed by atoms with E-state index in [9.17, 15) is 0 Å².